The van der Waals surface area contributed by atoms with Crippen molar-refractivity contribution in [2.75, 3.05) is 18.9 Å². The van der Waals surface area contributed by atoms with E-state index in [2.05, 4.69) is 36.5 Å². The second-order valence-corrected chi connectivity index (χ2v) is 6.36. The van der Waals surface area contributed by atoms with Crippen molar-refractivity contribution in [3.63, 3.8) is 0 Å². The normalized spacial score (nSPS) is 12.2. The van der Waals surface area contributed by atoms with Crippen LogP contribution in [-0.4, -0.2) is 29.9 Å². The molecule has 0 aliphatic heterocycles. The van der Waals surface area contributed by atoms with Gasteiger partial charge < -0.3 is 10.4 Å². The van der Waals surface area contributed by atoms with E-state index >= 15 is 0 Å². The Kier molecular flexibility index (Phi) is 8.38. The van der Waals surface area contributed by atoms with E-state index in [-0.39, 0.29) is 12.5 Å². The lowest BCUT2D eigenvalue weighted by molar-refractivity contribution is -0.120. The molecule has 112 valence electrons. The SMILES string of the molecule is Cc1ccc(SCCC(=O)NCCCC(C)CO)cc1. The number of aliphatic hydroxyl groups is 1. The van der Waals surface area contributed by atoms with E-state index in [9.17, 15) is 4.79 Å². The number of amides is 1. The van der Waals surface area contributed by atoms with E-state index in [1.54, 1.807) is 11.8 Å². The summed E-state index contributed by atoms with van der Waals surface area (Å²) in [6.07, 6.45) is 2.43. The van der Waals surface area contributed by atoms with Gasteiger partial charge in [-0.25, -0.2) is 0 Å². The standard InChI is InChI=1S/C16H25NO2S/c1-13-5-7-15(8-6-13)20-11-9-16(19)17-10-3-4-14(2)12-18/h5-8,14,18H,3-4,9-12H2,1-2H3,(H,17,19). The summed E-state index contributed by atoms with van der Waals surface area (Å²) >= 11 is 1.71. The smallest absolute Gasteiger partial charge is 0.220 e. The van der Waals surface area contributed by atoms with Crippen molar-refractivity contribution in [2.45, 2.75) is 38.0 Å². The van der Waals surface area contributed by atoms with E-state index in [0.29, 0.717) is 18.9 Å². The van der Waals surface area contributed by atoms with E-state index in [1.807, 2.05) is 6.92 Å². The number of aliphatic hydroxyl groups excluding tert-OH is 1. The van der Waals surface area contributed by atoms with Crippen LogP contribution in [0.5, 0.6) is 0 Å². The third-order valence-corrected chi connectivity index (χ3v) is 4.14. The molecule has 0 aliphatic rings. The van der Waals surface area contributed by atoms with Crippen LogP contribution in [0, 0.1) is 12.8 Å². The van der Waals surface area contributed by atoms with Gasteiger partial charge in [0.1, 0.15) is 0 Å². The van der Waals surface area contributed by atoms with Crippen LogP contribution < -0.4 is 5.32 Å². The van der Waals surface area contributed by atoms with Gasteiger partial charge in [-0.2, -0.15) is 0 Å². The first-order chi connectivity index (χ1) is 9.61. The number of thioether (sulfide) groups is 1. The van der Waals surface area contributed by atoms with Crippen molar-refractivity contribution in [3.05, 3.63) is 29.8 Å². The summed E-state index contributed by atoms with van der Waals surface area (Å²) in [5, 5.41) is 11.8. The van der Waals surface area contributed by atoms with Crippen LogP contribution in [0.3, 0.4) is 0 Å². The predicted octanol–water partition coefficient (Wildman–Crippen LogP) is 3.00. The lowest BCUT2D eigenvalue weighted by atomic mass is 10.1. The molecule has 0 saturated heterocycles. The maximum atomic E-state index is 11.6. The Bertz CT molecular complexity index is 392. The first kappa shape index (κ1) is 17.1. The molecule has 1 amide bonds. The number of aryl methyl sites for hydroxylation is 1. The van der Waals surface area contributed by atoms with Crippen LogP contribution in [0.4, 0.5) is 0 Å². The van der Waals surface area contributed by atoms with Crippen molar-refractivity contribution < 1.29 is 9.90 Å². The molecule has 0 spiro atoms. The number of benzene rings is 1. The molecule has 0 saturated carbocycles. The van der Waals surface area contributed by atoms with Crippen molar-refractivity contribution in [2.24, 2.45) is 5.92 Å². The third kappa shape index (κ3) is 7.56. The molecular weight excluding hydrogens is 270 g/mol. The van der Waals surface area contributed by atoms with Gasteiger partial charge in [-0.05, 0) is 37.8 Å². The largest absolute Gasteiger partial charge is 0.396 e. The molecule has 1 rings (SSSR count). The lowest BCUT2D eigenvalue weighted by Crippen LogP contribution is -2.25. The minimum absolute atomic E-state index is 0.112. The zero-order valence-corrected chi connectivity index (χ0v) is 13.2. The van der Waals surface area contributed by atoms with Gasteiger partial charge in [-0.1, -0.05) is 24.6 Å². The van der Waals surface area contributed by atoms with Crippen molar-refractivity contribution in [3.8, 4) is 0 Å². The Morgan fingerprint density at radius 2 is 2.05 bits per heavy atom. The molecule has 0 bridgehead atoms. The van der Waals surface area contributed by atoms with Gasteiger partial charge in [0.15, 0.2) is 0 Å². The van der Waals surface area contributed by atoms with Crippen LogP contribution in [0.2, 0.25) is 0 Å². The number of hydrogen-bond donors (Lipinski definition) is 2. The zero-order valence-electron chi connectivity index (χ0n) is 12.4. The van der Waals surface area contributed by atoms with Gasteiger partial charge in [0, 0.05) is 30.2 Å². The molecule has 4 heteroatoms. The highest BCUT2D eigenvalue weighted by Crippen LogP contribution is 2.18. The van der Waals surface area contributed by atoms with Gasteiger partial charge in [-0.3, -0.25) is 4.79 Å². The topological polar surface area (TPSA) is 49.3 Å². The molecule has 20 heavy (non-hydrogen) atoms. The van der Waals surface area contributed by atoms with Gasteiger partial charge in [-0.15, -0.1) is 11.8 Å². The average molecular weight is 295 g/mol. The Morgan fingerprint density at radius 3 is 2.70 bits per heavy atom. The van der Waals surface area contributed by atoms with Crippen molar-refractivity contribution in [1.29, 1.82) is 0 Å². The maximum Gasteiger partial charge on any atom is 0.220 e. The molecule has 0 fully saturated rings. The van der Waals surface area contributed by atoms with Crippen LogP contribution in [0.1, 0.15) is 31.7 Å². The van der Waals surface area contributed by atoms with Gasteiger partial charge in [0.2, 0.25) is 5.91 Å². The van der Waals surface area contributed by atoms with Crippen LogP contribution in [-0.2, 0) is 4.79 Å². The summed E-state index contributed by atoms with van der Waals surface area (Å²) in [6, 6.07) is 8.36. The first-order valence-corrected chi connectivity index (χ1v) is 8.17. The van der Waals surface area contributed by atoms with Crippen molar-refractivity contribution in [1.82, 2.24) is 5.32 Å². The molecule has 0 heterocycles. The lowest BCUT2D eigenvalue weighted by Gasteiger charge is -2.08. The molecular formula is C16H25NO2S. The fraction of sp³-hybridized carbons (Fsp3) is 0.562. The molecule has 1 aromatic rings. The van der Waals surface area contributed by atoms with Crippen molar-refractivity contribution >= 4 is 17.7 Å². The van der Waals surface area contributed by atoms with E-state index in [1.165, 1.54) is 10.5 Å². The molecule has 0 aromatic heterocycles. The van der Waals surface area contributed by atoms with Gasteiger partial charge in [0.05, 0.1) is 0 Å². The number of hydrogen-bond acceptors (Lipinski definition) is 3. The summed E-state index contributed by atoms with van der Waals surface area (Å²) in [7, 11) is 0. The number of carbonyl (C=O) groups is 1. The number of carbonyl (C=O) groups excluding carboxylic acids is 1. The highest BCUT2D eigenvalue weighted by Gasteiger charge is 2.03. The second-order valence-electron chi connectivity index (χ2n) is 5.19. The Labute approximate surface area is 126 Å². The minimum atomic E-state index is 0.112. The first-order valence-electron chi connectivity index (χ1n) is 7.19. The molecule has 0 radical (unpaired) electrons. The van der Waals surface area contributed by atoms with Gasteiger partial charge in [0.25, 0.3) is 0 Å². The summed E-state index contributed by atoms with van der Waals surface area (Å²) in [4.78, 5) is 12.8. The zero-order chi connectivity index (χ0) is 14.8. The Balaban J connectivity index is 2.07. The summed E-state index contributed by atoms with van der Waals surface area (Å²) in [5.41, 5.74) is 1.25. The molecule has 1 atom stereocenters. The highest BCUT2D eigenvalue weighted by molar-refractivity contribution is 7.99. The van der Waals surface area contributed by atoms with E-state index in [4.69, 9.17) is 5.11 Å². The quantitative estimate of drug-likeness (QED) is 0.544. The molecule has 2 N–H and O–H groups in total. The fourth-order valence-corrected chi connectivity index (χ4v) is 2.61. The number of rotatable bonds is 9. The summed E-state index contributed by atoms with van der Waals surface area (Å²) < 4.78 is 0. The van der Waals surface area contributed by atoms with Gasteiger partial charge >= 0.3 is 0 Å². The summed E-state index contributed by atoms with van der Waals surface area (Å²) in [6.45, 7) is 5.01. The molecule has 3 nitrogen and oxygen atoms in total. The molecule has 1 unspecified atom stereocenters. The monoisotopic (exact) mass is 295 g/mol. The molecule has 1 aromatic carbocycles. The van der Waals surface area contributed by atoms with Crippen LogP contribution >= 0.6 is 11.8 Å². The van der Waals surface area contributed by atoms with Crippen LogP contribution in [0.15, 0.2) is 29.2 Å². The van der Waals surface area contributed by atoms with E-state index < -0.39 is 0 Å². The second kappa shape index (κ2) is 9.83. The predicted molar refractivity (Wildman–Crippen MR) is 85.0 cm³/mol. The van der Waals surface area contributed by atoms with Crippen LogP contribution in [0.25, 0.3) is 0 Å². The fourth-order valence-electron chi connectivity index (χ4n) is 1.75. The molecule has 0 aliphatic carbocycles. The average Bonchev–Trinajstić information content (AvgIpc) is 2.45. The summed E-state index contributed by atoms with van der Waals surface area (Å²) in [5.74, 6) is 1.24. The van der Waals surface area contributed by atoms with E-state index in [0.717, 1.165) is 18.6 Å². The Hall–Kier alpha value is -1.00. The third-order valence-electron chi connectivity index (χ3n) is 3.13. The highest BCUT2D eigenvalue weighted by atomic mass is 32.2. The maximum absolute atomic E-state index is 11.6. The minimum Gasteiger partial charge on any atom is -0.396 e. The Morgan fingerprint density at radius 1 is 1.35 bits per heavy atom. The number of nitrogens with one attached hydrogen (secondary N) is 1.